The zero-order valence-electron chi connectivity index (χ0n) is 11.5. The standard InChI is InChI=1S/C14H14ClN3O2S/c1-19-11-7-10(12(20-2)6-9(11)15)18-13-5-8(14(16)21)3-4-17-13/h3-7H,1-2H3,(H2,16,21)(H,17,18). The number of hydrogen-bond donors (Lipinski definition) is 2. The van der Waals surface area contributed by atoms with E-state index in [2.05, 4.69) is 10.3 Å². The van der Waals surface area contributed by atoms with Crippen molar-refractivity contribution in [1.29, 1.82) is 0 Å². The molecule has 5 nitrogen and oxygen atoms in total. The van der Waals surface area contributed by atoms with E-state index in [9.17, 15) is 0 Å². The summed E-state index contributed by atoms with van der Waals surface area (Å²) in [6.45, 7) is 0. The zero-order chi connectivity index (χ0) is 15.4. The van der Waals surface area contributed by atoms with Gasteiger partial charge in [-0.15, -0.1) is 0 Å². The van der Waals surface area contributed by atoms with Crippen LogP contribution in [0.15, 0.2) is 30.5 Å². The fourth-order valence-electron chi connectivity index (χ4n) is 1.75. The van der Waals surface area contributed by atoms with Gasteiger partial charge in [-0.2, -0.15) is 0 Å². The molecule has 21 heavy (non-hydrogen) atoms. The van der Waals surface area contributed by atoms with Gasteiger partial charge in [0.25, 0.3) is 0 Å². The predicted octanol–water partition coefficient (Wildman–Crippen LogP) is 3.13. The molecule has 0 radical (unpaired) electrons. The Balaban J connectivity index is 2.38. The Morgan fingerprint density at radius 3 is 2.57 bits per heavy atom. The average molecular weight is 324 g/mol. The molecular formula is C14H14ClN3O2S. The quantitative estimate of drug-likeness (QED) is 0.824. The number of aromatic nitrogens is 1. The van der Waals surface area contributed by atoms with Crippen molar-refractivity contribution in [3.8, 4) is 11.5 Å². The molecule has 110 valence electrons. The highest BCUT2D eigenvalue weighted by Gasteiger charge is 2.11. The van der Waals surface area contributed by atoms with Gasteiger partial charge in [0.1, 0.15) is 22.3 Å². The first kappa shape index (κ1) is 15.3. The van der Waals surface area contributed by atoms with Crippen molar-refractivity contribution < 1.29 is 9.47 Å². The minimum Gasteiger partial charge on any atom is -0.495 e. The summed E-state index contributed by atoms with van der Waals surface area (Å²) < 4.78 is 10.5. The van der Waals surface area contributed by atoms with Crippen molar-refractivity contribution in [1.82, 2.24) is 4.98 Å². The van der Waals surface area contributed by atoms with Crippen molar-refractivity contribution >= 4 is 40.3 Å². The van der Waals surface area contributed by atoms with Crippen molar-refractivity contribution in [3.05, 3.63) is 41.0 Å². The first-order valence-corrected chi connectivity index (χ1v) is 6.78. The fourth-order valence-corrected chi connectivity index (χ4v) is 2.11. The molecule has 1 heterocycles. The Kier molecular flexibility index (Phi) is 4.82. The number of methoxy groups -OCH3 is 2. The SMILES string of the molecule is COc1cc(Nc2cc(C(N)=S)ccn2)c(OC)cc1Cl. The molecule has 0 atom stereocenters. The van der Waals surface area contributed by atoms with E-state index in [1.807, 2.05) is 0 Å². The largest absolute Gasteiger partial charge is 0.495 e. The molecule has 3 N–H and O–H groups in total. The monoisotopic (exact) mass is 323 g/mol. The third-order valence-corrected chi connectivity index (χ3v) is 3.31. The van der Waals surface area contributed by atoms with Gasteiger partial charge in [0.05, 0.1) is 24.9 Å². The highest BCUT2D eigenvalue weighted by molar-refractivity contribution is 7.80. The van der Waals surface area contributed by atoms with E-state index in [-0.39, 0.29) is 0 Å². The van der Waals surface area contributed by atoms with Crippen molar-refractivity contribution in [2.24, 2.45) is 5.73 Å². The lowest BCUT2D eigenvalue weighted by Gasteiger charge is -2.13. The molecule has 0 fully saturated rings. The average Bonchev–Trinajstić information content (AvgIpc) is 2.48. The smallest absolute Gasteiger partial charge is 0.144 e. The van der Waals surface area contributed by atoms with E-state index < -0.39 is 0 Å². The highest BCUT2D eigenvalue weighted by Crippen LogP contribution is 2.37. The van der Waals surface area contributed by atoms with Gasteiger partial charge in [0.2, 0.25) is 0 Å². The topological polar surface area (TPSA) is 69.4 Å². The number of nitrogens with one attached hydrogen (secondary N) is 1. The lowest BCUT2D eigenvalue weighted by Crippen LogP contribution is -2.10. The van der Waals surface area contributed by atoms with E-state index in [0.29, 0.717) is 33.0 Å². The summed E-state index contributed by atoms with van der Waals surface area (Å²) in [7, 11) is 3.10. The van der Waals surface area contributed by atoms with Crippen LogP contribution in [0.3, 0.4) is 0 Å². The third-order valence-electron chi connectivity index (χ3n) is 2.78. The van der Waals surface area contributed by atoms with E-state index >= 15 is 0 Å². The number of nitrogens with zero attached hydrogens (tertiary/aromatic N) is 1. The number of ether oxygens (including phenoxy) is 2. The van der Waals surface area contributed by atoms with Crippen molar-refractivity contribution in [3.63, 3.8) is 0 Å². The van der Waals surface area contributed by atoms with Crippen LogP contribution in [0.4, 0.5) is 11.5 Å². The van der Waals surface area contributed by atoms with E-state index in [0.717, 1.165) is 5.56 Å². The van der Waals surface area contributed by atoms with Crippen LogP contribution in [0.1, 0.15) is 5.56 Å². The molecule has 1 aromatic carbocycles. The lowest BCUT2D eigenvalue weighted by molar-refractivity contribution is 0.405. The van der Waals surface area contributed by atoms with Crippen LogP contribution >= 0.6 is 23.8 Å². The van der Waals surface area contributed by atoms with Crippen molar-refractivity contribution in [2.75, 3.05) is 19.5 Å². The second-order valence-corrected chi connectivity index (χ2v) is 4.95. The molecule has 0 amide bonds. The Bertz CT molecular complexity index is 679. The van der Waals surface area contributed by atoms with Gasteiger partial charge in [0, 0.05) is 23.9 Å². The van der Waals surface area contributed by atoms with Gasteiger partial charge >= 0.3 is 0 Å². The number of thiocarbonyl (C=S) groups is 1. The number of rotatable bonds is 5. The molecular weight excluding hydrogens is 310 g/mol. The summed E-state index contributed by atoms with van der Waals surface area (Å²) in [6, 6.07) is 6.90. The molecule has 2 aromatic rings. The Labute approximate surface area is 133 Å². The maximum absolute atomic E-state index is 6.07. The summed E-state index contributed by atoms with van der Waals surface area (Å²) in [5.41, 5.74) is 7.01. The zero-order valence-corrected chi connectivity index (χ0v) is 13.1. The van der Waals surface area contributed by atoms with E-state index in [4.69, 9.17) is 39.0 Å². The molecule has 0 aliphatic carbocycles. The minimum absolute atomic E-state index is 0.307. The van der Waals surface area contributed by atoms with Gasteiger partial charge in [-0.3, -0.25) is 0 Å². The summed E-state index contributed by atoms with van der Waals surface area (Å²) in [6.07, 6.45) is 1.62. The molecule has 0 unspecified atom stereocenters. The number of halogens is 1. The Hall–Kier alpha value is -2.05. The van der Waals surface area contributed by atoms with Gasteiger partial charge in [-0.1, -0.05) is 23.8 Å². The van der Waals surface area contributed by atoms with Gasteiger partial charge in [0.15, 0.2) is 0 Å². The summed E-state index contributed by atoms with van der Waals surface area (Å²) in [5.74, 6) is 1.69. The van der Waals surface area contributed by atoms with Crippen LogP contribution in [0.2, 0.25) is 5.02 Å². The first-order valence-electron chi connectivity index (χ1n) is 5.99. The predicted molar refractivity (Wildman–Crippen MR) is 88.0 cm³/mol. The Morgan fingerprint density at radius 1 is 1.24 bits per heavy atom. The first-order chi connectivity index (χ1) is 10.0. The number of nitrogens with two attached hydrogens (primary N) is 1. The van der Waals surface area contributed by atoms with Crippen LogP contribution in [0.25, 0.3) is 0 Å². The number of benzene rings is 1. The molecule has 0 saturated heterocycles. The Morgan fingerprint density at radius 2 is 1.95 bits per heavy atom. The molecule has 0 bridgehead atoms. The van der Waals surface area contributed by atoms with E-state index in [1.165, 1.54) is 0 Å². The highest BCUT2D eigenvalue weighted by atomic mass is 35.5. The van der Waals surface area contributed by atoms with Crippen LogP contribution in [0.5, 0.6) is 11.5 Å². The molecule has 0 aliphatic rings. The third kappa shape index (κ3) is 3.53. The van der Waals surface area contributed by atoms with E-state index in [1.54, 1.807) is 44.7 Å². The summed E-state index contributed by atoms with van der Waals surface area (Å²) in [4.78, 5) is 4.52. The fraction of sp³-hybridized carbons (Fsp3) is 0.143. The second kappa shape index (κ2) is 6.60. The van der Waals surface area contributed by atoms with Crippen LogP contribution in [-0.4, -0.2) is 24.2 Å². The van der Waals surface area contributed by atoms with Gasteiger partial charge in [-0.25, -0.2) is 4.98 Å². The minimum atomic E-state index is 0.307. The maximum atomic E-state index is 6.07. The lowest BCUT2D eigenvalue weighted by atomic mass is 10.2. The van der Waals surface area contributed by atoms with Crippen molar-refractivity contribution in [2.45, 2.75) is 0 Å². The number of pyridine rings is 1. The molecule has 7 heteroatoms. The molecule has 0 aliphatic heterocycles. The molecule has 0 spiro atoms. The molecule has 0 saturated carbocycles. The second-order valence-electron chi connectivity index (χ2n) is 4.11. The summed E-state index contributed by atoms with van der Waals surface area (Å²) in [5, 5.41) is 3.59. The van der Waals surface area contributed by atoms with Crippen LogP contribution in [-0.2, 0) is 0 Å². The number of anilines is 2. The van der Waals surface area contributed by atoms with Gasteiger partial charge in [-0.05, 0) is 12.1 Å². The van der Waals surface area contributed by atoms with Crippen LogP contribution in [0, 0.1) is 0 Å². The summed E-state index contributed by atoms with van der Waals surface area (Å²) >= 11 is 11.0. The normalized spacial score (nSPS) is 10.0. The molecule has 2 rings (SSSR count). The maximum Gasteiger partial charge on any atom is 0.144 e. The number of hydrogen-bond acceptors (Lipinski definition) is 5. The van der Waals surface area contributed by atoms with Crippen LogP contribution < -0.4 is 20.5 Å². The van der Waals surface area contributed by atoms with Gasteiger partial charge < -0.3 is 20.5 Å². The molecule has 1 aromatic heterocycles.